The third kappa shape index (κ3) is 4.57. The number of aromatic nitrogens is 3. The molecule has 1 N–H and O–H groups in total. The van der Waals surface area contributed by atoms with Gasteiger partial charge in [-0.25, -0.2) is 9.97 Å². The number of carbonyl (C=O) groups excluding carboxylic acids is 1. The summed E-state index contributed by atoms with van der Waals surface area (Å²) in [5, 5.41) is 2.87. The number of ether oxygens (including phenoxy) is 1. The van der Waals surface area contributed by atoms with Crippen molar-refractivity contribution in [1.82, 2.24) is 19.9 Å². The molecule has 0 saturated heterocycles. The van der Waals surface area contributed by atoms with Crippen LogP contribution in [0.3, 0.4) is 0 Å². The molecule has 0 saturated carbocycles. The second kappa shape index (κ2) is 8.62. The fourth-order valence-electron chi connectivity index (χ4n) is 2.43. The van der Waals surface area contributed by atoms with Crippen LogP contribution in [-0.4, -0.2) is 27.0 Å². The van der Waals surface area contributed by atoms with Gasteiger partial charge in [0.15, 0.2) is 0 Å². The Morgan fingerprint density at radius 2 is 2.15 bits per heavy atom. The van der Waals surface area contributed by atoms with E-state index in [0.29, 0.717) is 13.2 Å². The third-order valence-electron chi connectivity index (χ3n) is 3.68. The average molecular weight is 348 g/mol. The van der Waals surface area contributed by atoms with Crippen LogP contribution in [0.25, 0.3) is 11.9 Å². The molecule has 0 fully saturated rings. The van der Waals surface area contributed by atoms with E-state index in [4.69, 9.17) is 4.74 Å². The molecule has 132 valence electrons. The number of nitrogens with zero attached hydrogens (tertiary/aromatic N) is 3. The predicted molar refractivity (Wildman–Crippen MR) is 99.9 cm³/mol. The van der Waals surface area contributed by atoms with E-state index in [1.165, 1.54) is 6.08 Å². The van der Waals surface area contributed by atoms with Gasteiger partial charge in [0, 0.05) is 36.8 Å². The molecule has 1 aromatic carbocycles. The molecule has 6 heteroatoms. The number of pyridine rings is 1. The second-order valence-electron chi connectivity index (χ2n) is 5.51. The van der Waals surface area contributed by atoms with E-state index in [9.17, 15) is 4.79 Å². The van der Waals surface area contributed by atoms with Gasteiger partial charge < -0.3 is 10.1 Å². The highest BCUT2D eigenvalue weighted by Crippen LogP contribution is 2.19. The molecule has 0 bridgehead atoms. The molecule has 2 heterocycles. The second-order valence-corrected chi connectivity index (χ2v) is 5.51. The summed E-state index contributed by atoms with van der Waals surface area (Å²) in [7, 11) is 0. The van der Waals surface area contributed by atoms with Gasteiger partial charge in [0.1, 0.15) is 17.9 Å². The summed E-state index contributed by atoms with van der Waals surface area (Å²) in [5.41, 5.74) is 1.83. The summed E-state index contributed by atoms with van der Waals surface area (Å²) in [4.78, 5) is 20.4. The molecule has 1 amide bonds. The normalized spacial score (nSPS) is 10.8. The standard InChI is InChI=1S/C20H20N4O2/c1-2-26-18-6-4-3-5-17(18)7-8-20(25)23-14-16-9-10-22-19(13-16)24-12-11-21-15-24/h3-13,15H,2,14H2,1H3,(H,23,25). The van der Waals surface area contributed by atoms with Crippen LogP contribution in [0, 0.1) is 0 Å². The lowest BCUT2D eigenvalue weighted by molar-refractivity contribution is -0.116. The molecule has 0 atom stereocenters. The van der Waals surface area contributed by atoms with Gasteiger partial charge in [0.2, 0.25) is 5.91 Å². The molecular weight excluding hydrogens is 328 g/mol. The van der Waals surface area contributed by atoms with Crippen molar-refractivity contribution in [2.75, 3.05) is 6.61 Å². The Morgan fingerprint density at radius 3 is 2.96 bits per heavy atom. The lowest BCUT2D eigenvalue weighted by Crippen LogP contribution is -2.20. The van der Waals surface area contributed by atoms with Gasteiger partial charge in [-0.2, -0.15) is 0 Å². The minimum absolute atomic E-state index is 0.169. The maximum Gasteiger partial charge on any atom is 0.244 e. The lowest BCUT2D eigenvalue weighted by Gasteiger charge is -2.07. The van der Waals surface area contributed by atoms with Crippen LogP contribution in [0.4, 0.5) is 0 Å². The van der Waals surface area contributed by atoms with Crippen LogP contribution >= 0.6 is 0 Å². The Bertz CT molecular complexity index is 888. The zero-order valence-electron chi connectivity index (χ0n) is 14.5. The van der Waals surface area contributed by atoms with E-state index in [-0.39, 0.29) is 5.91 Å². The summed E-state index contributed by atoms with van der Waals surface area (Å²) in [6.45, 7) is 2.93. The van der Waals surface area contributed by atoms with E-state index in [2.05, 4.69) is 15.3 Å². The van der Waals surface area contributed by atoms with E-state index in [1.54, 1.807) is 24.8 Å². The number of benzene rings is 1. The zero-order valence-corrected chi connectivity index (χ0v) is 14.5. The number of amides is 1. The van der Waals surface area contributed by atoms with Crippen molar-refractivity contribution in [1.29, 1.82) is 0 Å². The zero-order chi connectivity index (χ0) is 18.2. The van der Waals surface area contributed by atoms with Crippen molar-refractivity contribution in [2.24, 2.45) is 0 Å². The Kier molecular flexibility index (Phi) is 5.77. The first-order valence-electron chi connectivity index (χ1n) is 8.37. The summed E-state index contributed by atoms with van der Waals surface area (Å²) in [6.07, 6.45) is 10.2. The van der Waals surface area contributed by atoms with Crippen LogP contribution in [0.2, 0.25) is 0 Å². The highest BCUT2D eigenvalue weighted by Gasteiger charge is 2.02. The highest BCUT2D eigenvalue weighted by atomic mass is 16.5. The molecule has 3 rings (SSSR count). The van der Waals surface area contributed by atoms with Crippen molar-refractivity contribution in [2.45, 2.75) is 13.5 Å². The Balaban J connectivity index is 1.60. The Hall–Kier alpha value is -3.41. The van der Waals surface area contributed by atoms with Gasteiger partial charge >= 0.3 is 0 Å². The molecular formula is C20H20N4O2. The molecule has 0 spiro atoms. The Morgan fingerprint density at radius 1 is 1.27 bits per heavy atom. The monoisotopic (exact) mass is 348 g/mol. The predicted octanol–water partition coefficient (Wildman–Crippen LogP) is 3.00. The number of hydrogen-bond donors (Lipinski definition) is 1. The van der Waals surface area contributed by atoms with Crippen LogP contribution in [0.15, 0.2) is 67.4 Å². The summed E-state index contributed by atoms with van der Waals surface area (Å²) < 4.78 is 7.37. The van der Waals surface area contributed by atoms with Crippen LogP contribution in [0.5, 0.6) is 5.75 Å². The number of para-hydroxylation sites is 1. The lowest BCUT2D eigenvalue weighted by atomic mass is 10.2. The minimum atomic E-state index is -0.169. The van der Waals surface area contributed by atoms with Crippen molar-refractivity contribution < 1.29 is 9.53 Å². The third-order valence-corrected chi connectivity index (χ3v) is 3.68. The topological polar surface area (TPSA) is 69.0 Å². The molecule has 26 heavy (non-hydrogen) atoms. The van der Waals surface area contributed by atoms with Crippen LogP contribution in [-0.2, 0) is 11.3 Å². The summed E-state index contributed by atoms with van der Waals surface area (Å²) >= 11 is 0. The van der Waals surface area contributed by atoms with Crippen LogP contribution < -0.4 is 10.1 Å². The molecule has 6 nitrogen and oxygen atoms in total. The van der Waals surface area contributed by atoms with Crippen LogP contribution in [0.1, 0.15) is 18.1 Å². The largest absolute Gasteiger partial charge is 0.493 e. The van der Waals surface area contributed by atoms with Gasteiger partial charge in [-0.05, 0) is 36.8 Å². The van der Waals surface area contributed by atoms with Crippen molar-refractivity contribution >= 4 is 12.0 Å². The fraction of sp³-hybridized carbons (Fsp3) is 0.150. The first-order valence-corrected chi connectivity index (χ1v) is 8.37. The number of imidazole rings is 1. The quantitative estimate of drug-likeness (QED) is 0.667. The number of rotatable bonds is 7. The maximum atomic E-state index is 12.1. The summed E-state index contributed by atoms with van der Waals surface area (Å²) in [6, 6.07) is 11.4. The minimum Gasteiger partial charge on any atom is -0.493 e. The molecule has 0 aliphatic carbocycles. The number of nitrogens with one attached hydrogen (secondary N) is 1. The molecule has 0 aliphatic rings. The maximum absolute atomic E-state index is 12.1. The fourth-order valence-corrected chi connectivity index (χ4v) is 2.43. The molecule has 0 unspecified atom stereocenters. The van der Waals surface area contributed by atoms with Gasteiger partial charge in [0.25, 0.3) is 0 Å². The van der Waals surface area contributed by atoms with Gasteiger partial charge in [-0.3, -0.25) is 9.36 Å². The van der Waals surface area contributed by atoms with Gasteiger partial charge in [-0.15, -0.1) is 0 Å². The van der Waals surface area contributed by atoms with E-state index < -0.39 is 0 Å². The van der Waals surface area contributed by atoms with Gasteiger partial charge in [-0.1, -0.05) is 18.2 Å². The number of hydrogen-bond acceptors (Lipinski definition) is 4. The molecule has 2 aromatic heterocycles. The molecule has 0 aliphatic heterocycles. The van der Waals surface area contributed by atoms with Crippen molar-refractivity contribution in [3.8, 4) is 11.6 Å². The van der Waals surface area contributed by atoms with E-state index in [0.717, 1.165) is 22.7 Å². The van der Waals surface area contributed by atoms with E-state index in [1.807, 2.05) is 54.1 Å². The smallest absolute Gasteiger partial charge is 0.244 e. The highest BCUT2D eigenvalue weighted by molar-refractivity contribution is 5.92. The average Bonchev–Trinajstić information content (AvgIpc) is 3.21. The van der Waals surface area contributed by atoms with E-state index >= 15 is 0 Å². The summed E-state index contributed by atoms with van der Waals surface area (Å²) in [5.74, 6) is 1.35. The van der Waals surface area contributed by atoms with Gasteiger partial charge in [0.05, 0.1) is 6.61 Å². The SMILES string of the molecule is CCOc1ccccc1C=CC(=O)NCc1ccnc(-n2ccnc2)c1. The number of carbonyl (C=O) groups is 1. The molecule has 3 aromatic rings. The Labute approximate surface area is 152 Å². The van der Waals surface area contributed by atoms with Crippen molar-refractivity contribution in [3.05, 3.63) is 78.5 Å². The first kappa shape index (κ1) is 17.4. The molecule has 0 radical (unpaired) electrons. The first-order chi connectivity index (χ1) is 12.8. The van der Waals surface area contributed by atoms with Crippen molar-refractivity contribution in [3.63, 3.8) is 0 Å².